The molecule has 1 amide bonds. The number of hydrogen-bond acceptors (Lipinski definition) is 6. The van der Waals surface area contributed by atoms with E-state index in [0.717, 1.165) is 56.1 Å². The number of carbonyl (C=O) groups is 1. The van der Waals surface area contributed by atoms with Gasteiger partial charge in [-0.3, -0.25) is 4.79 Å². The van der Waals surface area contributed by atoms with Gasteiger partial charge in [0.05, 0.1) is 11.1 Å². The summed E-state index contributed by atoms with van der Waals surface area (Å²) in [5.41, 5.74) is 1.20. The minimum atomic E-state index is -0.173. The third kappa shape index (κ3) is 2.25. The van der Waals surface area contributed by atoms with Crippen LogP contribution in [0.1, 0.15) is 78.5 Å². The van der Waals surface area contributed by atoms with Crippen LogP contribution in [0.25, 0.3) is 0 Å². The molecule has 1 aliphatic heterocycles. The Balaban J connectivity index is 1.45. The minimum absolute atomic E-state index is 0.0244. The van der Waals surface area contributed by atoms with Gasteiger partial charge in [0.25, 0.3) is 5.91 Å². The van der Waals surface area contributed by atoms with Crippen molar-refractivity contribution in [3.8, 4) is 0 Å². The van der Waals surface area contributed by atoms with Crippen molar-refractivity contribution < 1.29 is 13.7 Å². The summed E-state index contributed by atoms with van der Waals surface area (Å²) in [6.45, 7) is 5.20. The first-order valence-corrected chi connectivity index (χ1v) is 9.70. The van der Waals surface area contributed by atoms with E-state index in [2.05, 4.69) is 15.4 Å². The molecule has 5 rings (SSSR count). The zero-order valence-corrected chi connectivity index (χ0v) is 15.3. The summed E-state index contributed by atoms with van der Waals surface area (Å²) in [6.07, 6.45) is 6.26. The van der Waals surface area contributed by atoms with Crippen LogP contribution < -0.4 is 0 Å². The summed E-state index contributed by atoms with van der Waals surface area (Å²) in [6, 6.07) is 0. The van der Waals surface area contributed by atoms with Crippen molar-refractivity contribution in [2.24, 2.45) is 5.92 Å². The first-order chi connectivity index (χ1) is 12.6. The fraction of sp³-hybridized carbons (Fsp3) is 0.684. The third-order valence-corrected chi connectivity index (χ3v) is 6.43. The smallest absolute Gasteiger partial charge is 0.259 e. The monoisotopic (exact) mass is 356 g/mol. The van der Waals surface area contributed by atoms with Crippen LogP contribution in [-0.4, -0.2) is 39.3 Å². The van der Waals surface area contributed by atoms with Crippen molar-refractivity contribution in [1.29, 1.82) is 0 Å². The van der Waals surface area contributed by atoms with Gasteiger partial charge in [-0.25, -0.2) is 0 Å². The highest BCUT2D eigenvalue weighted by Crippen LogP contribution is 2.51. The Morgan fingerprint density at radius 1 is 1.31 bits per heavy atom. The summed E-state index contributed by atoms with van der Waals surface area (Å²) < 4.78 is 11.4. The Hall–Kier alpha value is -2.18. The zero-order valence-electron chi connectivity index (χ0n) is 15.3. The summed E-state index contributed by atoms with van der Waals surface area (Å²) in [5.74, 6) is 3.01. The van der Waals surface area contributed by atoms with Crippen molar-refractivity contribution in [3.63, 3.8) is 0 Å². The molecular weight excluding hydrogens is 332 g/mol. The summed E-state index contributed by atoms with van der Waals surface area (Å²) >= 11 is 0. The molecule has 2 aliphatic carbocycles. The molecule has 3 aliphatic rings. The van der Waals surface area contributed by atoms with Gasteiger partial charge < -0.3 is 13.8 Å². The van der Waals surface area contributed by atoms with Crippen LogP contribution in [0.4, 0.5) is 0 Å². The predicted molar refractivity (Wildman–Crippen MR) is 91.8 cm³/mol. The first-order valence-electron chi connectivity index (χ1n) is 9.70. The van der Waals surface area contributed by atoms with E-state index in [9.17, 15) is 4.79 Å². The van der Waals surface area contributed by atoms with Crippen molar-refractivity contribution in [2.45, 2.75) is 63.7 Å². The highest BCUT2D eigenvalue weighted by Gasteiger charge is 2.55. The zero-order chi connectivity index (χ0) is 17.9. The molecule has 0 N–H and O–H groups in total. The van der Waals surface area contributed by atoms with Gasteiger partial charge >= 0.3 is 0 Å². The average molecular weight is 356 g/mol. The van der Waals surface area contributed by atoms with Gasteiger partial charge in [-0.05, 0) is 44.9 Å². The quantitative estimate of drug-likeness (QED) is 0.837. The average Bonchev–Trinajstić information content (AvgIpc) is 3.01. The third-order valence-electron chi connectivity index (χ3n) is 6.43. The van der Waals surface area contributed by atoms with Gasteiger partial charge in [-0.2, -0.15) is 0 Å². The van der Waals surface area contributed by atoms with Crippen molar-refractivity contribution in [1.82, 2.24) is 20.3 Å². The molecule has 26 heavy (non-hydrogen) atoms. The maximum atomic E-state index is 13.2. The van der Waals surface area contributed by atoms with Crippen LogP contribution in [0.15, 0.2) is 8.94 Å². The molecule has 2 aromatic rings. The van der Waals surface area contributed by atoms with Crippen LogP contribution in [-0.2, 0) is 11.8 Å². The van der Waals surface area contributed by atoms with E-state index in [1.807, 2.05) is 18.7 Å². The van der Waals surface area contributed by atoms with Gasteiger partial charge in [0, 0.05) is 19.0 Å². The maximum Gasteiger partial charge on any atom is 0.259 e. The maximum absolute atomic E-state index is 13.2. The normalized spacial score (nSPS) is 27.9. The number of aromatic nitrogens is 3. The fourth-order valence-corrected chi connectivity index (χ4v) is 4.82. The topological polar surface area (TPSA) is 85.3 Å². The number of fused-ring (bicyclic) bond motifs is 1. The molecule has 7 nitrogen and oxygen atoms in total. The van der Waals surface area contributed by atoms with Crippen molar-refractivity contribution >= 4 is 5.91 Å². The Morgan fingerprint density at radius 2 is 2.15 bits per heavy atom. The summed E-state index contributed by atoms with van der Waals surface area (Å²) in [7, 11) is 0. The highest BCUT2D eigenvalue weighted by molar-refractivity contribution is 5.96. The molecule has 0 unspecified atom stereocenters. The van der Waals surface area contributed by atoms with Gasteiger partial charge in [-0.15, -0.1) is 10.2 Å². The SMILES string of the molecule is CCc1noc(C)c1C(=O)N1C[C@@H]2CCC[C@]2(c2nnc(C3CC3)o2)C1. The number of aryl methyl sites for hydroxylation is 2. The number of likely N-dealkylation sites (tertiary alicyclic amines) is 1. The van der Waals surface area contributed by atoms with E-state index in [1.165, 1.54) is 0 Å². The van der Waals surface area contributed by atoms with E-state index < -0.39 is 0 Å². The number of hydrogen-bond donors (Lipinski definition) is 0. The molecule has 7 heteroatoms. The second-order valence-corrected chi connectivity index (χ2v) is 8.06. The van der Waals surface area contributed by atoms with Crippen molar-refractivity contribution in [2.75, 3.05) is 13.1 Å². The number of nitrogens with zero attached hydrogens (tertiary/aromatic N) is 4. The Bertz CT molecular complexity index is 853. The second kappa shape index (κ2) is 5.66. The minimum Gasteiger partial charge on any atom is -0.424 e. The fourth-order valence-electron chi connectivity index (χ4n) is 4.82. The van der Waals surface area contributed by atoms with Gasteiger partial charge in [0.1, 0.15) is 11.3 Å². The molecule has 2 atom stereocenters. The van der Waals surface area contributed by atoms with Crippen LogP contribution in [0.3, 0.4) is 0 Å². The van der Waals surface area contributed by atoms with E-state index in [0.29, 0.717) is 36.1 Å². The van der Waals surface area contributed by atoms with Crippen LogP contribution in [0.5, 0.6) is 0 Å². The number of amides is 1. The molecule has 2 aromatic heterocycles. The molecule has 2 saturated carbocycles. The van der Waals surface area contributed by atoms with Crippen LogP contribution >= 0.6 is 0 Å². The Morgan fingerprint density at radius 3 is 2.92 bits per heavy atom. The van der Waals surface area contributed by atoms with Gasteiger partial charge in [0.15, 0.2) is 0 Å². The van der Waals surface area contributed by atoms with E-state index in [-0.39, 0.29) is 11.3 Å². The summed E-state index contributed by atoms with van der Waals surface area (Å²) in [4.78, 5) is 15.1. The largest absolute Gasteiger partial charge is 0.424 e. The molecule has 3 fully saturated rings. The number of rotatable bonds is 4. The lowest BCUT2D eigenvalue weighted by Crippen LogP contribution is -2.35. The standard InChI is InChI=1S/C19H24N4O3/c1-3-14-15(11(2)26-22-14)17(24)23-9-13-5-4-8-19(13,10-23)18-21-20-16(25-18)12-6-7-12/h12-13H,3-10H2,1-2H3/t13-,19-/m0/s1. The highest BCUT2D eigenvalue weighted by atomic mass is 16.5. The molecular formula is C19H24N4O3. The van der Waals surface area contributed by atoms with E-state index >= 15 is 0 Å². The molecule has 138 valence electrons. The van der Waals surface area contributed by atoms with Crippen LogP contribution in [0, 0.1) is 12.8 Å². The molecule has 0 aromatic carbocycles. The van der Waals surface area contributed by atoms with Gasteiger partial charge in [-0.1, -0.05) is 18.5 Å². The Kier molecular flexibility index (Phi) is 3.49. The molecule has 0 spiro atoms. The second-order valence-electron chi connectivity index (χ2n) is 8.06. The van der Waals surface area contributed by atoms with Crippen LogP contribution in [0.2, 0.25) is 0 Å². The molecule has 0 bridgehead atoms. The van der Waals surface area contributed by atoms with Crippen molar-refractivity contribution in [3.05, 3.63) is 28.8 Å². The first kappa shape index (κ1) is 16.0. The van der Waals surface area contributed by atoms with E-state index in [1.54, 1.807) is 0 Å². The molecule has 3 heterocycles. The summed E-state index contributed by atoms with van der Waals surface area (Å²) in [5, 5.41) is 12.8. The Labute approximate surface area is 152 Å². The molecule has 0 radical (unpaired) electrons. The lowest BCUT2D eigenvalue weighted by atomic mass is 9.80. The van der Waals surface area contributed by atoms with E-state index in [4.69, 9.17) is 8.94 Å². The molecule has 1 saturated heterocycles. The lowest BCUT2D eigenvalue weighted by molar-refractivity contribution is 0.0773. The predicted octanol–water partition coefficient (Wildman–Crippen LogP) is 3.00. The lowest BCUT2D eigenvalue weighted by Gasteiger charge is -2.24. The van der Waals surface area contributed by atoms with Gasteiger partial charge in [0.2, 0.25) is 11.8 Å². The number of carbonyl (C=O) groups excluding carboxylic acids is 1.